The molecule has 0 spiro atoms. The maximum absolute atomic E-state index is 13.6. The Kier molecular flexibility index (Phi) is 8.98. The zero-order valence-electron chi connectivity index (χ0n) is 31.4. The fourth-order valence-electron chi connectivity index (χ4n) is 8.32. The van der Waals surface area contributed by atoms with Crippen molar-refractivity contribution in [2.75, 3.05) is 14.2 Å². The zero-order chi connectivity index (χ0) is 37.4. The van der Waals surface area contributed by atoms with Crippen molar-refractivity contribution in [2.45, 2.75) is 77.0 Å². The number of fused-ring (bicyclic) bond motifs is 2. The van der Waals surface area contributed by atoms with Gasteiger partial charge in [-0.15, -0.1) is 22.7 Å². The number of nitrogens with zero attached hydrogens (tertiary/aromatic N) is 2. The molecule has 3 aliphatic rings. The van der Waals surface area contributed by atoms with E-state index in [2.05, 4.69) is 114 Å². The number of hydrogen-bond acceptors (Lipinski definition) is 9. The molecule has 3 heterocycles. The second-order valence-corrected chi connectivity index (χ2v) is 18.4. The highest BCUT2D eigenvalue weighted by Gasteiger charge is 2.56. The summed E-state index contributed by atoms with van der Waals surface area (Å²) in [6.07, 6.45) is 2.06. The first kappa shape index (κ1) is 35.8. The van der Waals surface area contributed by atoms with Gasteiger partial charge in [-0.1, -0.05) is 84.0 Å². The van der Waals surface area contributed by atoms with Gasteiger partial charge in [0.2, 0.25) is 0 Å². The minimum Gasteiger partial charge on any atom is -0.469 e. The summed E-state index contributed by atoms with van der Waals surface area (Å²) in [4.78, 5) is 32.0. The van der Waals surface area contributed by atoms with Crippen LogP contribution in [0.15, 0.2) is 72.8 Å². The molecule has 0 aliphatic heterocycles. The Hall–Kier alpha value is -4.18. The molecule has 6 nitrogen and oxygen atoms in total. The highest BCUT2D eigenvalue weighted by molar-refractivity contribution is 7.19. The third-order valence-electron chi connectivity index (χ3n) is 12.2. The lowest BCUT2D eigenvalue weighted by atomic mass is 9.53. The minimum absolute atomic E-state index is 0.0301. The van der Waals surface area contributed by atoms with E-state index in [9.17, 15) is 9.59 Å². The molecule has 2 bridgehead atoms. The monoisotopic (exact) mass is 760 g/mol. The van der Waals surface area contributed by atoms with E-state index in [-0.39, 0.29) is 34.6 Å². The van der Waals surface area contributed by atoms with E-state index in [1.165, 1.54) is 41.3 Å². The van der Waals surface area contributed by atoms with Gasteiger partial charge in [0.25, 0.3) is 0 Å². The molecule has 272 valence electrons. The topological polar surface area (TPSA) is 78.4 Å². The Labute approximate surface area is 323 Å². The van der Waals surface area contributed by atoms with Crippen LogP contribution < -0.4 is 0 Å². The van der Waals surface area contributed by atoms with E-state index in [0.29, 0.717) is 0 Å². The van der Waals surface area contributed by atoms with Crippen LogP contribution in [0.2, 0.25) is 0 Å². The molecule has 3 aliphatic carbocycles. The molecule has 9 heteroatoms. The quantitative estimate of drug-likeness (QED) is 0.137. The van der Waals surface area contributed by atoms with Crippen LogP contribution in [0, 0.1) is 11.8 Å². The minimum atomic E-state index is -0.687. The fraction of sp³-hybridized carbons (Fsp3) is 0.364. The predicted octanol–water partition coefficient (Wildman–Crippen LogP) is 11.4. The number of esters is 2. The molecule has 0 radical (unpaired) electrons. The normalized spacial score (nSPS) is 19.2. The van der Waals surface area contributed by atoms with E-state index < -0.39 is 11.8 Å². The van der Waals surface area contributed by atoms with Crippen LogP contribution in [0.5, 0.6) is 0 Å². The molecular weight excluding hydrogens is 717 g/mol. The molecule has 9 rings (SSSR count). The Morgan fingerprint density at radius 3 is 1.74 bits per heavy atom. The van der Waals surface area contributed by atoms with Gasteiger partial charge in [0.1, 0.15) is 11.0 Å². The van der Waals surface area contributed by atoms with Crippen molar-refractivity contribution in [3.8, 4) is 31.3 Å². The van der Waals surface area contributed by atoms with Gasteiger partial charge in [-0.25, -0.2) is 0 Å². The average Bonchev–Trinajstić information content (AvgIpc) is 3.98. The average molecular weight is 761 g/mol. The predicted molar refractivity (Wildman–Crippen MR) is 217 cm³/mol. The molecule has 3 aromatic heterocycles. The fourth-order valence-corrected chi connectivity index (χ4v) is 11.1. The summed E-state index contributed by atoms with van der Waals surface area (Å²) in [5.41, 5.74) is 10.8. The number of ether oxygens (including phenoxy) is 2. The Bertz CT molecular complexity index is 2400. The van der Waals surface area contributed by atoms with Crippen molar-refractivity contribution >= 4 is 57.4 Å². The second kappa shape index (κ2) is 13.3. The van der Waals surface area contributed by atoms with Gasteiger partial charge in [0.05, 0.1) is 37.8 Å². The van der Waals surface area contributed by atoms with E-state index in [0.717, 1.165) is 72.6 Å². The van der Waals surface area contributed by atoms with Crippen molar-refractivity contribution in [2.24, 2.45) is 11.8 Å². The molecule has 0 saturated carbocycles. The number of aromatic nitrogens is 2. The van der Waals surface area contributed by atoms with E-state index in [1.807, 2.05) is 11.3 Å². The number of carbonyl (C=O) groups excluding carboxylic acids is 2. The van der Waals surface area contributed by atoms with Gasteiger partial charge >= 0.3 is 11.9 Å². The first-order valence-electron chi connectivity index (χ1n) is 18.3. The molecule has 0 amide bonds. The van der Waals surface area contributed by atoms with Crippen LogP contribution in [-0.2, 0) is 29.9 Å². The molecule has 0 saturated heterocycles. The maximum atomic E-state index is 13.6. The highest BCUT2D eigenvalue weighted by Crippen LogP contribution is 2.60. The molecular formula is C44H44N2O4S3. The summed E-state index contributed by atoms with van der Waals surface area (Å²) in [7, 11) is 2.81. The first-order valence-corrected chi connectivity index (χ1v) is 20.7. The van der Waals surface area contributed by atoms with Crippen LogP contribution in [0.25, 0.3) is 42.4 Å². The molecule has 6 aromatic rings. The van der Waals surface area contributed by atoms with Gasteiger partial charge in [-0.2, -0.15) is 8.75 Å². The highest BCUT2D eigenvalue weighted by atomic mass is 32.1. The van der Waals surface area contributed by atoms with E-state index in [4.69, 9.17) is 18.2 Å². The van der Waals surface area contributed by atoms with Gasteiger partial charge in [0.15, 0.2) is 0 Å². The van der Waals surface area contributed by atoms with Crippen molar-refractivity contribution < 1.29 is 19.1 Å². The van der Waals surface area contributed by atoms with Crippen LogP contribution >= 0.6 is 34.4 Å². The second-order valence-electron chi connectivity index (χ2n) is 15.7. The van der Waals surface area contributed by atoms with Gasteiger partial charge in [-0.05, 0) is 87.4 Å². The summed E-state index contributed by atoms with van der Waals surface area (Å²) >= 11 is 4.83. The van der Waals surface area contributed by atoms with Crippen LogP contribution in [0.1, 0.15) is 98.9 Å². The van der Waals surface area contributed by atoms with Crippen LogP contribution in [-0.4, -0.2) is 34.9 Å². The lowest BCUT2D eigenvalue weighted by Gasteiger charge is -2.48. The summed E-state index contributed by atoms with van der Waals surface area (Å²) in [6.45, 7) is 13.5. The molecule has 53 heavy (non-hydrogen) atoms. The Balaban J connectivity index is 1.20. The van der Waals surface area contributed by atoms with Crippen molar-refractivity contribution in [1.82, 2.24) is 8.75 Å². The van der Waals surface area contributed by atoms with Crippen molar-refractivity contribution in [3.05, 3.63) is 105 Å². The number of methoxy groups -OCH3 is 2. The van der Waals surface area contributed by atoms with Gasteiger partial charge in [-0.3, -0.25) is 9.59 Å². The largest absolute Gasteiger partial charge is 0.469 e. The molecule has 0 N–H and O–H groups in total. The summed E-state index contributed by atoms with van der Waals surface area (Å²) < 4.78 is 20.3. The molecule has 4 unspecified atom stereocenters. The van der Waals surface area contributed by atoms with Crippen molar-refractivity contribution in [1.29, 1.82) is 0 Å². The maximum Gasteiger partial charge on any atom is 0.310 e. The zero-order valence-corrected chi connectivity index (χ0v) is 33.9. The smallest absolute Gasteiger partial charge is 0.310 e. The lowest BCUT2D eigenvalue weighted by Crippen LogP contribution is -2.47. The molecule has 3 aromatic carbocycles. The Morgan fingerprint density at radius 1 is 0.623 bits per heavy atom. The third kappa shape index (κ3) is 5.69. The van der Waals surface area contributed by atoms with E-state index >= 15 is 0 Å². The summed E-state index contributed by atoms with van der Waals surface area (Å²) in [5, 5.41) is 0. The number of thiophene rings is 2. The van der Waals surface area contributed by atoms with Crippen LogP contribution in [0.3, 0.4) is 0 Å². The van der Waals surface area contributed by atoms with Gasteiger partial charge in [0, 0.05) is 42.5 Å². The first-order chi connectivity index (χ1) is 25.4. The number of carbonyl (C=O) groups is 2. The third-order valence-corrected chi connectivity index (χ3v) is 15.4. The van der Waals surface area contributed by atoms with E-state index in [1.54, 1.807) is 11.3 Å². The number of rotatable bonds is 9. The Morgan fingerprint density at radius 2 is 1.15 bits per heavy atom. The van der Waals surface area contributed by atoms with Crippen LogP contribution in [0.4, 0.5) is 0 Å². The summed E-state index contributed by atoms with van der Waals surface area (Å²) in [6, 6.07) is 26.4. The molecule has 4 atom stereocenters. The standard InChI is InChI=1S/C44H44N2O4S3/c1-9-43(3,4)24-12-14-26-30(22-24)36-25-13-11-23(21-29(25)35(26)37(41(47)49-7)38(36)42(48)50-8)31-17-18-32(51-31)27-15-16-28(40-39(27)45-53-46-40)33-19-20-34(52-33)44(5,6)10-2/h11-22,35-38H,9-10H2,1-8H3. The molecule has 0 fully saturated rings. The number of benzene rings is 3. The van der Waals surface area contributed by atoms with Gasteiger partial charge < -0.3 is 9.47 Å². The SMILES string of the molecule is CCC(C)(C)c1ccc2c(c1)C1c3ccc(-c4ccc(-c5ccc(-c6ccc(C(C)(C)CC)s6)c6nsnc56)s4)cc3C2C(C(=O)OC)C1C(=O)OC. The summed E-state index contributed by atoms with van der Waals surface area (Å²) in [5.74, 6) is -2.78. The lowest BCUT2D eigenvalue weighted by molar-refractivity contribution is -0.160. The van der Waals surface area contributed by atoms with Crippen molar-refractivity contribution in [3.63, 3.8) is 0 Å². The number of hydrogen-bond donors (Lipinski definition) is 0.